The number of halogens is 3. The number of hydrogen-bond donors (Lipinski definition) is 0. The molecule has 0 N–H and O–H groups in total. The summed E-state index contributed by atoms with van der Waals surface area (Å²) in [6, 6.07) is 9.25. The Labute approximate surface area is 149 Å². The highest BCUT2D eigenvalue weighted by molar-refractivity contribution is 5.79. The highest BCUT2D eigenvalue weighted by atomic mass is 19.4. The van der Waals surface area contributed by atoms with E-state index in [1.54, 1.807) is 12.4 Å². The average Bonchev–Trinajstić information content (AvgIpc) is 2.63. The van der Waals surface area contributed by atoms with E-state index in [-0.39, 0.29) is 24.1 Å². The van der Waals surface area contributed by atoms with Gasteiger partial charge in [-0.05, 0) is 48.6 Å². The zero-order chi connectivity index (χ0) is 18.6. The molecule has 1 aromatic heterocycles. The normalized spacial score (nSPS) is 17.8. The van der Waals surface area contributed by atoms with E-state index in [4.69, 9.17) is 0 Å². The van der Waals surface area contributed by atoms with Crippen molar-refractivity contribution in [2.24, 2.45) is 0 Å². The minimum Gasteiger partial charge on any atom is -0.406 e. The van der Waals surface area contributed by atoms with Crippen molar-refractivity contribution < 1.29 is 22.7 Å². The Morgan fingerprint density at radius 2 is 1.96 bits per heavy atom. The van der Waals surface area contributed by atoms with Gasteiger partial charge in [-0.1, -0.05) is 18.2 Å². The zero-order valence-electron chi connectivity index (χ0n) is 14.1. The Kier molecular flexibility index (Phi) is 5.44. The minimum absolute atomic E-state index is 0.00205. The molecule has 1 aliphatic rings. The van der Waals surface area contributed by atoms with Gasteiger partial charge in [-0.2, -0.15) is 0 Å². The van der Waals surface area contributed by atoms with Crippen LogP contribution in [0, 0.1) is 0 Å². The number of ether oxygens (including phenoxy) is 1. The van der Waals surface area contributed by atoms with Crippen molar-refractivity contribution in [3.8, 4) is 5.75 Å². The van der Waals surface area contributed by atoms with Gasteiger partial charge < -0.3 is 9.64 Å². The molecule has 0 aliphatic carbocycles. The predicted octanol–water partition coefficient (Wildman–Crippen LogP) is 4.28. The summed E-state index contributed by atoms with van der Waals surface area (Å²) in [4.78, 5) is 18.7. The number of nitrogens with zero attached hydrogens (tertiary/aromatic N) is 2. The summed E-state index contributed by atoms with van der Waals surface area (Å²) in [7, 11) is 0. The molecule has 1 atom stereocenters. The molecule has 0 saturated carbocycles. The summed E-state index contributed by atoms with van der Waals surface area (Å²) >= 11 is 0. The molecule has 0 spiro atoms. The Bertz CT molecular complexity index is 733. The number of piperidine rings is 1. The van der Waals surface area contributed by atoms with E-state index >= 15 is 0 Å². The molecule has 0 radical (unpaired) electrons. The van der Waals surface area contributed by atoms with Gasteiger partial charge in [0.15, 0.2) is 0 Å². The van der Waals surface area contributed by atoms with Crippen molar-refractivity contribution >= 4 is 5.91 Å². The van der Waals surface area contributed by atoms with Crippen LogP contribution >= 0.6 is 0 Å². The SMILES string of the molecule is O=C(Cc1ccc(OC(F)(F)F)cc1)N1CCCCC1c1cccnc1. The van der Waals surface area contributed by atoms with Crippen LogP contribution in [0.5, 0.6) is 5.75 Å². The van der Waals surface area contributed by atoms with Gasteiger partial charge in [-0.3, -0.25) is 9.78 Å². The second-order valence-electron chi connectivity index (χ2n) is 6.25. The number of pyridine rings is 1. The molecule has 4 nitrogen and oxygen atoms in total. The van der Waals surface area contributed by atoms with Crippen molar-refractivity contribution in [2.75, 3.05) is 6.54 Å². The minimum atomic E-state index is -4.72. The molecule has 2 heterocycles. The zero-order valence-corrected chi connectivity index (χ0v) is 14.1. The molecule has 26 heavy (non-hydrogen) atoms. The molecule has 1 amide bonds. The summed E-state index contributed by atoms with van der Waals surface area (Å²) in [5.41, 5.74) is 1.66. The summed E-state index contributed by atoms with van der Waals surface area (Å²) in [5.74, 6) is -0.331. The van der Waals surface area contributed by atoms with Crippen LogP contribution in [0.2, 0.25) is 0 Å². The number of hydrogen-bond acceptors (Lipinski definition) is 3. The first-order valence-corrected chi connectivity index (χ1v) is 8.46. The number of alkyl halides is 3. The third-order valence-corrected chi connectivity index (χ3v) is 4.40. The Hall–Kier alpha value is -2.57. The standard InChI is InChI=1S/C19H19F3N2O2/c20-19(21,22)26-16-8-6-14(7-9-16)12-18(25)24-11-2-1-5-17(24)15-4-3-10-23-13-15/h3-4,6-10,13,17H,1-2,5,11-12H2. The summed E-state index contributed by atoms with van der Waals surface area (Å²) in [6.45, 7) is 0.674. The fourth-order valence-electron chi connectivity index (χ4n) is 3.23. The molecular formula is C19H19F3N2O2. The van der Waals surface area contributed by atoms with Crippen molar-refractivity contribution in [3.05, 3.63) is 59.9 Å². The largest absolute Gasteiger partial charge is 0.573 e. The van der Waals surface area contributed by atoms with Gasteiger partial charge in [0, 0.05) is 18.9 Å². The Morgan fingerprint density at radius 3 is 2.62 bits per heavy atom. The number of likely N-dealkylation sites (tertiary alicyclic amines) is 1. The first-order valence-electron chi connectivity index (χ1n) is 8.46. The lowest BCUT2D eigenvalue weighted by Gasteiger charge is -2.36. The maximum absolute atomic E-state index is 12.8. The fourth-order valence-corrected chi connectivity index (χ4v) is 3.23. The quantitative estimate of drug-likeness (QED) is 0.813. The molecule has 1 aliphatic heterocycles. The molecule has 138 valence electrons. The number of rotatable bonds is 4. The van der Waals surface area contributed by atoms with Gasteiger partial charge in [-0.15, -0.1) is 13.2 Å². The van der Waals surface area contributed by atoms with Gasteiger partial charge in [0.1, 0.15) is 5.75 Å². The lowest BCUT2D eigenvalue weighted by molar-refractivity contribution is -0.274. The van der Waals surface area contributed by atoms with E-state index < -0.39 is 6.36 Å². The second-order valence-corrected chi connectivity index (χ2v) is 6.25. The molecule has 7 heteroatoms. The molecule has 1 saturated heterocycles. The van der Waals surface area contributed by atoms with Gasteiger partial charge in [0.05, 0.1) is 12.5 Å². The number of benzene rings is 1. The summed E-state index contributed by atoms with van der Waals surface area (Å²) < 4.78 is 40.5. The van der Waals surface area contributed by atoms with Gasteiger partial charge in [0.25, 0.3) is 0 Å². The third-order valence-electron chi connectivity index (χ3n) is 4.40. The Morgan fingerprint density at radius 1 is 1.19 bits per heavy atom. The molecule has 3 rings (SSSR count). The highest BCUT2D eigenvalue weighted by Gasteiger charge is 2.31. The van der Waals surface area contributed by atoms with Crippen LogP contribution in [0.25, 0.3) is 0 Å². The van der Waals surface area contributed by atoms with Crippen LogP contribution in [-0.4, -0.2) is 28.7 Å². The van der Waals surface area contributed by atoms with Crippen LogP contribution < -0.4 is 4.74 Å². The van der Waals surface area contributed by atoms with Crippen LogP contribution in [0.15, 0.2) is 48.8 Å². The van der Waals surface area contributed by atoms with Gasteiger partial charge >= 0.3 is 6.36 Å². The predicted molar refractivity (Wildman–Crippen MR) is 89.4 cm³/mol. The first kappa shape index (κ1) is 18.2. The van der Waals surface area contributed by atoms with E-state index in [1.165, 1.54) is 24.3 Å². The number of carbonyl (C=O) groups excluding carboxylic acids is 1. The smallest absolute Gasteiger partial charge is 0.406 e. The summed E-state index contributed by atoms with van der Waals surface area (Å²) in [6.07, 6.45) is 1.78. The molecule has 0 bridgehead atoms. The molecule has 2 aromatic rings. The van der Waals surface area contributed by atoms with Crippen molar-refractivity contribution in [1.29, 1.82) is 0 Å². The highest BCUT2D eigenvalue weighted by Crippen LogP contribution is 2.31. The lowest BCUT2D eigenvalue weighted by Crippen LogP contribution is -2.39. The lowest BCUT2D eigenvalue weighted by atomic mass is 9.95. The van der Waals surface area contributed by atoms with Crippen LogP contribution in [0.1, 0.15) is 36.4 Å². The monoisotopic (exact) mass is 364 g/mol. The second kappa shape index (κ2) is 7.76. The average molecular weight is 364 g/mol. The van der Waals surface area contributed by atoms with Crippen LogP contribution in [0.4, 0.5) is 13.2 Å². The van der Waals surface area contributed by atoms with E-state index in [0.29, 0.717) is 12.1 Å². The molecule has 1 unspecified atom stereocenters. The van der Waals surface area contributed by atoms with E-state index in [0.717, 1.165) is 24.8 Å². The first-order chi connectivity index (χ1) is 12.4. The number of amides is 1. The van der Waals surface area contributed by atoms with Crippen LogP contribution in [0.3, 0.4) is 0 Å². The number of carbonyl (C=O) groups is 1. The van der Waals surface area contributed by atoms with Crippen molar-refractivity contribution in [2.45, 2.75) is 38.1 Å². The van der Waals surface area contributed by atoms with Crippen LogP contribution in [-0.2, 0) is 11.2 Å². The van der Waals surface area contributed by atoms with Crippen molar-refractivity contribution in [3.63, 3.8) is 0 Å². The molecule has 1 fully saturated rings. The van der Waals surface area contributed by atoms with E-state index in [2.05, 4.69) is 9.72 Å². The topological polar surface area (TPSA) is 42.4 Å². The molecule has 1 aromatic carbocycles. The fraction of sp³-hybridized carbons (Fsp3) is 0.368. The van der Waals surface area contributed by atoms with Gasteiger partial charge in [-0.25, -0.2) is 0 Å². The summed E-state index contributed by atoms with van der Waals surface area (Å²) in [5, 5.41) is 0. The maximum atomic E-state index is 12.8. The maximum Gasteiger partial charge on any atom is 0.573 e. The van der Waals surface area contributed by atoms with E-state index in [9.17, 15) is 18.0 Å². The van der Waals surface area contributed by atoms with E-state index in [1.807, 2.05) is 17.0 Å². The Balaban J connectivity index is 1.68. The van der Waals surface area contributed by atoms with Gasteiger partial charge in [0.2, 0.25) is 5.91 Å². The van der Waals surface area contributed by atoms with Crippen molar-refractivity contribution in [1.82, 2.24) is 9.88 Å². The third kappa shape index (κ3) is 4.74. The molecular weight excluding hydrogens is 345 g/mol. The number of aromatic nitrogens is 1.